The summed E-state index contributed by atoms with van der Waals surface area (Å²) >= 11 is 12.2. The van der Waals surface area contributed by atoms with E-state index in [0.29, 0.717) is 93.5 Å². The van der Waals surface area contributed by atoms with Crippen LogP contribution in [0.3, 0.4) is 0 Å². The minimum Gasteiger partial charge on any atom is -0.394 e. The molecule has 9 rings (SSSR count). The Hall–Kier alpha value is -6.81. The van der Waals surface area contributed by atoms with Crippen molar-refractivity contribution in [2.24, 2.45) is 11.8 Å². The summed E-state index contributed by atoms with van der Waals surface area (Å²) in [6.45, 7) is 8.22. The van der Waals surface area contributed by atoms with E-state index in [4.69, 9.17) is 28.8 Å². The van der Waals surface area contributed by atoms with Gasteiger partial charge >= 0.3 is 0 Å². The molecule has 0 saturated carbocycles. The number of aromatic amines is 1. The number of hydrogen-bond acceptors (Lipinski definition) is 18. The maximum Gasteiger partial charge on any atom is 0.200 e. The van der Waals surface area contributed by atoms with Crippen molar-refractivity contribution in [2.75, 3.05) is 56.5 Å². The number of alkyl halides is 1. The quantitative estimate of drug-likeness (QED) is 0.00756. The van der Waals surface area contributed by atoms with E-state index in [1.165, 1.54) is 64.8 Å². The maximum absolute atomic E-state index is 13.8. The summed E-state index contributed by atoms with van der Waals surface area (Å²) in [5, 5.41) is 36.0. The first-order valence-electron chi connectivity index (χ1n) is 26.4. The Bertz CT molecular complexity index is 3530. The highest BCUT2D eigenvalue weighted by Crippen LogP contribution is 2.33. The van der Waals surface area contributed by atoms with Crippen LogP contribution in [0.15, 0.2) is 126 Å². The third-order valence-corrected chi connectivity index (χ3v) is 15.0. The van der Waals surface area contributed by atoms with Crippen LogP contribution < -0.4 is 26.6 Å². The van der Waals surface area contributed by atoms with E-state index in [9.17, 15) is 37.4 Å². The average molecular weight is 1310 g/mol. The van der Waals surface area contributed by atoms with Crippen LogP contribution in [0.4, 0.5) is 45.1 Å². The predicted molar refractivity (Wildman–Crippen MR) is 345 cm³/mol. The largest absolute Gasteiger partial charge is 0.394 e. The number of thiazole rings is 2. The molecule has 4 aromatic heterocycles. The molecule has 0 aliphatic rings. The van der Waals surface area contributed by atoms with E-state index in [1.54, 1.807) is 60.7 Å². The highest BCUT2D eigenvalue weighted by atomic mass is 79.9. The maximum atomic E-state index is 13.8. The average Bonchev–Trinajstić information content (AvgIpc) is 3.22. The summed E-state index contributed by atoms with van der Waals surface area (Å²) in [7, 11) is 6.13. The van der Waals surface area contributed by atoms with E-state index in [1.807, 2.05) is 51.5 Å². The van der Waals surface area contributed by atoms with Crippen molar-refractivity contribution in [3.05, 3.63) is 177 Å². The van der Waals surface area contributed by atoms with Crippen LogP contribution in [0, 0.1) is 39.9 Å². The molecule has 454 valence electrons. The number of hydrogen-bond donors (Lipinski definition) is 8. The van der Waals surface area contributed by atoms with Crippen LogP contribution >= 0.6 is 62.6 Å². The molecular weight excluding hydrogens is 1230 g/mol. The molecule has 16 nitrogen and oxygen atoms in total. The van der Waals surface area contributed by atoms with Crippen molar-refractivity contribution in [3.8, 4) is 0 Å². The fourth-order valence-electron chi connectivity index (χ4n) is 7.59. The fraction of sp³-hybridized carbons (Fsp3) is 0.300. The molecule has 0 radical (unpaired) electrons. The molecule has 25 heteroatoms. The highest BCUT2D eigenvalue weighted by Gasteiger charge is 2.19. The monoisotopic (exact) mass is 1300 g/mol. The summed E-state index contributed by atoms with van der Waals surface area (Å²) in [5.41, 5.74) is 16.3. The number of carbonyl (C=O) groups excluding carboxylic acids is 2. The minimum absolute atomic E-state index is 0.00430. The lowest BCUT2D eigenvalue weighted by atomic mass is 10.0. The van der Waals surface area contributed by atoms with Crippen LogP contribution in [-0.2, 0) is 17.7 Å². The molecule has 5 aromatic carbocycles. The van der Waals surface area contributed by atoms with Crippen LogP contribution in [0.2, 0.25) is 0 Å². The fourth-order valence-corrected chi connectivity index (χ4v) is 10.5. The number of rotatable bonds is 18. The van der Waals surface area contributed by atoms with E-state index in [0.717, 1.165) is 39.8 Å². The predicted octanol–water partition coefficient (Wildman–Crippen LogP) is 13.4. The SMILES string of the molecule is CC(C)CC(CO)Nc1nc(=S)[nH]c2nc(N)sc12.CC(C)CC(CO)Nc1nc(SCc2ccccc2[18F])nc2nc(N)sc12.C[N+](C)(C)c1ccccc1C=O.O=Cc1ccccc1[18F].OCc1ccccc1[18F].[18F]c1ccccc1CBr. The molecule has 0 aliphatic heterocycles. The van der Waals surface area contributed by atoms with Gasteiger partial charge in [-0.25, -0.2) is 42.5 Å². The number of fused-ring (bicyclic) bond motifs is 2. The van der Waals surface area contributed by atoms with Crippen LogP contribution in [-0.4, -0.2) is 104 Å². The first-order valence-corrected chi connectivity index (χ1v) is 30.6. The van der Waals surface area contributed by atoms with Crippen molar-refractivity contribution >= 4 is 123 Å². The van der Waals surface area contributed by atoms with Gasteiger partial charge in [0, 0.05) is 16.6 Å². The van der Waals surface area contributed by atoms with Gasteiger partial charge < -0.3 is 42.4 Å². The third-order valence-electron chi connectivity index (χ3n) is 11.5. The summed E-state index contributed by atoms with van der Waals surface area (Å²) in [5.74, 6) is 1.34. The van der Waals surface area contributed by atoms with Gasteiger partial charge in [0.25, 0.3) is 0 Å². The standard InChI is InChI=1S/C18H22FN5OS2.C11H17N5OS2.C10H14NO.C7H6BrF.C7H7FO.C7H5FO/c1-10(2)7-12(8-25)21-15-14-16(22-17(20)27-14)24-18(23-15)26-9-11-5-3-4-6-13(11)19;1-5(2)3-6(4-17)13-8-7-9(14-10(12)19-7)16-11(18)15-8;1-11(2,3)10-7-5-4-6-9(10)8-12;8-5-6-3-1-2-4-7(6)9;2*8-7-4-2-1-3-6(7)5-9/h3-6,10,12,25H,7-9H2,1-2H3,(H3,20,21,22,23,24);5-6,17H,3-4H2,1-2H3,(H4,12,13,14,15,16,18);4-8H,1-3H3;1-4H,5H2;1-4,9H,5H2;1-5H/q;;+1;;;/i19-1;;;9-1;2*8-1. The Labute approximate surface area is 518 Å². The topological polar surface area (TPSA) is 251 Å². The number of para-hydroxylation sites is 1. The van der Waals surface area contributed by atoms with Gasteiger partial charge in [-0.3, -0.25) is 14.1 Å². The molecule has 10 N–H and O–H groups in total. The molecule has 2 atom stereocenters. The number of carbonyl (C=O) groups is 2. The molecule has 0 spiro atoms. The highest BCUT2D eigenvalue weighted by molar-refractivity contribution is 9.08. The van der Waals surface area contributed by atoms with Crippen molar-refractivity contribution in [1.29, 1.82) is 0 Å². The lowest BCUT2D eigenvalue weighted by Gasteiger charge is -2.24. The number of thioether (sulfide) groups is 1. The number of quaternary nitrogens is 1. The first kappa shape index (κ1) is 70.7. The van der Waals surface area contributed by atoms with E-state index in [-0.39, 0.29) is 54.9 Å². The van der Waals surface area contributed by atoms with Gasteiger partial charge in [0.1, 0.15) is 38.4 Å². The normalized spacial score (nSPS) is 11.5. The Balaban J connectivity index is 0.000000233. The number of aliphatic hydroxyl groups excluding tert-OH is 3. The van der Waals surface area contributed by atoms with Gasteiger partial charge in [-0.05, 0) is 90.5 Å². The lowest BCUT2D eigenvalue weighted by molar-refractivity contribution is 0.111. The Morgan fingerprint density at radius 2 is 1.08 bits per heavy atom. The number of aldehydes is 2. The lowest BCUT2D eigenvalue weighted by Crippen LogP contribution is -2.35. The molecule has 4 heterocycles. The van der Waals surface area contributed by atoms with Gasteiger partial charge in [-0.2, -0.15) is 0 Å². The minimum atomic E-state index is -0.465. The molecular formula is C60H71BrF4N11O5S4+. The van der Waals surface area contributed by atoms with Gasteiger partial charge in [-0.1, -0.05) is 157 Å². The number of nitrogen functional groups attached to an aromatic ring is 2. The second-order valence-electron chi connectivity index (χ2n) is 20.2. The van der Waals surface area contributed by atoms with Crippen molar-refractivity contribution < 1.29 is 42.5 Å². The second-order valence-corrected chi connectivity index (χ2v) is 24.1. The van der Waals surface area contributed by atoms with Crippen molar-refractivity contribution in [2.45, 2.75) is 75.5 Å². The number of anilines is 4. The Morgan fingerprint density at radius 1 is 0.624 bits per heavy atom. The summed E-state index contributed by atoms with van der Waals surface area (Å²) in [4.78, 5) is 45.3. The number of halogens is 5. The zero-order chi connectivity index (χ0) is 62.6. The van der Waals surface area contributed by atoms with Crippen LogP contribution in [0.25, 0.3) is 20.7 Å². The molecule has 85 heavy (non-hydrogen) atoms. The Morgan fingerprint density at radius 3 is 1.52 bits per heavy atom. The number of aliphatic hydroxyl groups is 3. The molecule has 0 amide bonds. The summed E-state index contributed by atoms with van der Waals surface area (Å²) < 4.78 is 53.8. The molecule has 0 bridgehead atoms. The van der Waals surface area contributed by atoms with Crippen LogP contribution in [0.1, 0.15) is 77.9 Å². The van der Waals surface area contributed by atoms with Crippen molar-refractivity contribution in [3.63, 3.8) is 0 Å². The summed E-state index contributed by atoms with van der Waals surface area (Å²) in [6.07, 6.45) is 3.04. The first-order chi connectivity index (χ1) is 40.5. The summed E-state index contributed by atoms with van der Waals surface area (Å²) in [6, 6.07) is 32.8. The molecule has 0 fully saturated rings. The Kier molecular flexibility index (Phi) is 30.1. The number of aromatic nitrogens is 6. The van der Waals surface area contributed by atoms with Crippen LogP contribution in [0.5, 0.6) is 0 Å². The molecule has 0 saturated heterocycles. The van der Waals surface area contributed by atoms with E-state index < -0.39 is 5.82 Å². The van der Waals surface area contributed by atoms with E-state index >= 15 is 0 Å². The zero-order valence-corrected chi connectivity index (χ0v) is 52.8. The zero-order valence-electron chi connectivity index (χ0n) is 48.0. The third kappa shape index (κ3) is 23.9. The number of H-pyrrole nitrogens is 1. The van der Waals surface area contributed by atoms with Gasteiger partial charge in [-0.15, -0.1) is 0 Å². The molecule has 2 unspecified atom stereocenters. The number of benzene rings is 5. The van der Waals surface area contributed by atoms with Gasteiger partial charge in [0.05, 0.1) is 64.2 Å². The van der Waals surface area contributed by atoms with Crippen molar-refractivity contribution in [1.82, 2.24) is 34.4 Å². The smallest absolute Gasteiger partial charge is 0.200 e. The number of nitrogens with one attached hydrogen (secondary N) is 3. The number of nitrogens with two attached hydrogens (primary N) is 2. The van der Waals surface area contributed by atoms with Gasteiger partial charge in [0.2, 0.25) is 0 Å². The number of nitrogens with zero attached hydrogens (tertiary/aromatic N) is 6. The second kappa shape index (κ2) is 36.2. The molecule has 0 aliphatic carbocycles. The van der Waals surface area contributed by atoms with Gasteiger partial charge in [0.15, 0.2) is 55.7 Å². The molecule has 9 aromatic rings. The van der Waals surface area contributed by atoms with E-state index in [2.05, 4.69) is 84.2 Å².